The molecule has 2 saturated heterocycles. The van der Waals surface area contributed by atoms with E-state index in [1.54, 1.807) is 6.20 Å². The highest BCUT2D eigenvalue weighted by Crippen LogP contribution is 2.30. The molecule has 0 aromatic carbocycles. The predicted molar refractivity (Wildman–Crippen MR) is 90.8 cm³/mol. The molecule has 1 atom stereocenters. The Bertz CT molecular complexity index is 482. The molecule has 0 bridgehead atoms. The van der Waals surface area contributed by atoms with Crippen molar-refractivity contribution in [2.24, 2.45) is 0 Å². The number of carbonyl (C=O) groups is 1. The van der Waals surface area contributed by atoms with Crippen molar-refractivity contribution in [1.29, 1.82) is 0 Å². The van der Waals surface area contributed by atoms with E-state index in [0.717, 1.165) is 51.9 Å². The Morgan fingerprint density at radius 2 is 2.26 bits per heavy atom. The normalized spacial score (nSPS) is 23.3. The Balaban J connectivity index is 0.00000192. The van der Waals surface area contributed by atoms with Gasteiger partial charge in [0.2, 0.25) is 0 Å². The van der Waals surface area contributed by atoms with Gasteiger partial charge in [0.15, 0.2) is 0 Å². The first-order valence-electron chi connectivity index (χ1n) is 8.38. The largest absolute Gasteiger partial charge is 0.376 e. The molecule has 0 saturated carbocycles. The van der Waals surface area contributed by atoms with Crippen molar-refractivity contribution < 1.29 is 9.53 Å². The standard InChI is InChI=1S/C16H26N4O2.ClH/c1-2-19(13-14-5-3-12-22-14)15(21)16(6-9-17-10-7-16)20-11-4-8-18-20;/h4,8,11,14,17H,2-3,5-7,9-10,12-13H2,1H3;1H. The Labute approximate surface area is 144 Å². The summed E-state index contributed by atoms with van der Waals surface area (Å²) in [5.74, 6) is 0.190. The molecule has 2 aliphatic heterocycles. The summed E-state index contributed by atoms with van der Waals surface area (Å²) in [4.78, 5) is 15.3. The van der Waals surface area contributed by atoms with Crippen LogP contribution in [0, 0.1) is 0 Å². The quantitative estimate of drug-likeness (QED) is 0.879. The second-order valence-electron chi connectivity index (χ2n) is 6.21. The highest BCUT2D eigenvalue weighted by molar-refractivity contribution is 5.85. The van der Waals surface area contributed by atoms with Gasteiger partial charge in [0.25, 0.3) is 5.91 Å². The summed E-state index contributed by atoms with van der Waals surface area (Å²) in [6, 6.07) is 1.90. The third kappa shape index (κ3) is 3.70. The van der Waals surface area contributed by atoms with Crippen LogP contribution in [0.2, 0.25) is 0 Å². The van der Waals surface area contributed by atoms with Gasteiger partial charge >= 0.3 is 0 Å². The van der Waals surface area contributed by atoms with Gasteiger partial charge in [0.1, 0.15) is 5.54 Å². The maximum absolute atomic E-state index is 13.3. The average Bonchev–Trinajstić information content (AvgIpc) is 3.26. The molecule has 7 heteroatoms. The number of nitrogens with one attached hydrogen (secondary N) is 1. The van der Waals surface area contributed by atoms with Gasteiger partial charge in [0, 0.05) is 32.1 Å². The van der Waals surface area contributed by atoms with Crippen LogP contribution in [0.3, 0.4) is 0 Å². The van der Waals surface area contributed by atoms with Gasteiger partial charge in [0.05, 0.1) is 6.10 Å². The average molecular weight is 343 g/mol. The van der Waals surface area contributed by atoms with Crippen LogP contribution in [0.25, 0.3) is 0 Å². The maximum Gasteiger partial charge on any atom is 0.250 e. The van der Waals surface area contributed by atoms with E-state index in [4.69, 9.17) is 4.74 Å². The molecule has 1 aromatic rings. The summed E-state index contributed by atoms with van der Waals surface area (Å²) in [5, 5.41) is 7.74. The second kappa shape index (κ2) is 8.13. The van der Waals surface area contributed by atoms with Crippen LogP contribution in [-0.4, -0.2) is 59.5 Å². The predicted octanol–water partition coefficient (Wildman–Crippen LogP) is 1.41. The smallest absolute Gasteiger partial charge is 0.250 e. The van der Waals surface area contributed by atoms with Gasteiger partial charge in [-0.15, -0.1) is 12.4 Å². The topological polar surface area (TPSA) is 59.4 Å². The highest BCUT2D eigenvalue weighted by atomic mass is 35.5. The third-order valence-corrected chi connectivity index (χ3v) is 4.89. The van der Waals surface area contributed by atoms with Gasteiger partial charge in [-0.1, -0.05) is 0 Å². The molecule has 1 amide bonds. The lowest BCUT2D eigenvalue weighted by molar-refractivity contribution is -0.144. The van der Waals surface area contributed by atoms with Crippen LogP contribution >= 0.6 is 12.4 Å². The minimum Gasteiger partial charge on any atom is -0.376 e. The Kier molecular flexibility index (Phi) is 6.44. The van der Waals surface area contributed by atoms with E-state index in [1.165, 1.54) is 0 Å². The zero-order valence-corrected chi connectivity index (χ0v) is 14.6. The monoisotopic (exact) mass is 342 g/mol. The number of carbonyl (C=O) groups excluding carboxylic acids is 1. The number of ether oxygens (including phenoxy) is 1. The summed E-state index contributed by atoms with van der Waals surface area (Å²) in [7, 11) is 0. The van der Waals surface area contributed by atoms with Crippen LogP contribution in [0.5, 0.6) is 0 Å². The lowest BCUT2D eigenvalue weighted by Crippen LogP contribution is -2.56. The number of amides is 1. The number of likely N-dealkylation sites (N-methyl/N-ethyl adjacent to an activating group) is 1. The molecule has 3 rings (SSSR count). The van der Waals surface area contributed by atoms with E-state index in [0.29, 0.717) is 6.54 Å². The molecular formula is C16H27ClN4O2. The number of hydrogen-bond acceptors (Lipinski definition) is 4. The van der Waals surface area contributed by atoms with E-state index in [9.17, 15) is 4.79 Å². The molecule has 0 spiro atoms. The minimum atomic E-state index is -0.538. The third-order valence-electron chi connectivity index (χ3n) is 4.89. The fourth-order valence-corrected chi connectivity index (χ4v) is 3.59. The Morgan fingerprint density at radius 1 is 1.48 bits per heavy atom. The molecule has 6 nitrogen and oxygen atoms in total. The molecule has 1 aromatic heterocycles. The van der Waals surface area contributed by atoms with E-state index < -0.39 is 5.54 Å². The van der Waals surface area contributed by atoms with E-state index in [1.807, 2.05) is 28.8 Å². The van der Waals surface area contributed by atoms with Crippen molar-refractivity contribution in [2.45, 2.75) is 44.2 Å². The second-order valence-corrected chi connectivity index (χ2v) is 6.21. The zero-order chi connectivity index (χ0) is 15.4. The van der Waals surface area contributed by atoms with Gasteiger partial charge in [-0.2, -0.15) is 5.10 Å². The molecule has 1 unspecified atom stereocenters. The summed E-state index contributed by atoms with van der Waals surface area (Å²) in [6.45, 7) is 5.99. The van der Waals surface area contributed by atoms with Crippen molar-refractivity contribution in [3.63, 3.8) is 0 Å². The molecule has 0 aliphatic carbocycles. The highest BCUT2D eigenvalue weighted by Gasteiger charge is 2.44. The fourth-order valence-electron chi connectivity index (χ4n) is 3.59. The molecule has 1 N–H and O–H groups in total. The molecule has 3 heterocycles. The molecular weight excluding hydrogens is 316 g/mol. The van der Waals surface area contributed by atoms with Gasteiger partial charge in [-0.05, 0) is 51.8 Å². The number of aromatic nitrogens is 2. The van der Waals surface area contributed by atoms with Crippen molar-refractivity contribution in [1.82, 2.24) is 20.0 Å². The minimum absolute atomic E-state index is 0. The van der Waals surface area contributed by atoms with E-state index >= 15 is 0 Å². The molecule has 23 heavy (non-hydrogen) atoms. The van der Waals surface area contributed by atoms with Gasteiger partial charge in [-0.3, -0.25) is 9.48 Å². The van der Waals surface area contributed by atoms with Crippen molar-refractivity contribution in [2.75, 3.05) is 32.8 Å². The van der Waals surface area contributed by atoms with Crippen LogP contribution in [0.4, 0.5) is 0 Å². The van der Waals surface area contributed by atoms with E-state index in [2.05, 4.69) is 10.4 Å². The SMILES string of the molecule is CCN(CC1CCCO1)C(=O)C1(n2cccn2)CCNCC1.Cl. The summed E-state index contributed by atoms with van der Waals surface area (Å²) in [6.07, 6.45) is 7.60. The Morgan fingerprint density at radius 3 is 2.83 bits per heavy atom. The summed E-state index contributed by atoms with van der Waals surface area (Å²) >= 11 is 0. The van der Waals surface area contributed by atoms with Crippen LogP contribution < -0.4 is 5.32 Å². The van der Waals surface area contributed by atoms with E-state index in [-0.39, 0.29) is 24.4 Å². The summed E-state index contributed by atoms with van der Waals surface area (Å²) < 4.78 is 7.59. The summed E-state index contributed by atoms with van der Waals surface area (Å²) in [5.41, 5.74) is -0.538. The maximum atomic E-state index is 13.3. The fraction of sp³-hybridized carbons (Fsp3) is 0.750. The number of hydrogen-bond donors (Lipinski definition) is 1. The first kappa shape index (κ1) is 18.2. The number of piperidine rings is 1. The van der Waals surface area contributed by atoms with Crippen LogP contribution in [0.1, 0.15) is 32.6 Å². The molecule has 0 radical (unpaired) electrons. The number of halogens is 1. The van der Waals surface area contributed by atoms with Crippen molar-refractivity contribution >= 4 is 18.3 Å². The first-order valence-corrected chi connectivity index (χ1v) is 8.38. The first-order chi connectivity index (χ1) is 10.8. The molecule has 2 aliphatic rings. The van der Waals surface area contributed by atoms with Crippen molar-refractivity contribution in [3.05, 3.63) is 18.5 Å². The van der Waals surface area contributed by atoms with Crippen molar-refractivity contribution in [3.8, 4) is 0 Å². The number of nitrogens with zero attached hydrogens (tertiary/aromatic N) is 3. The molecule has 2 fully saturated rings. The zero-order valence-electron chi connectivity index (χ0n) is 13.7. The van der Waals surface area contributed by atoms with Crippen LogP contribution in [0.15, 0.2) is 18.5 Å². The van der Waals surface area contributed by atoms with Gasteiger partial charge < -0.3 is 15.0 Å². The number of rotatable bonds is 5. The molecule has 130 valence electrons. The van der Waals surface area contributed by atoms with Crippen LogP contribution in [-0.2, 0) is 15.1 Å². The lowest BCUT2D eigenvalue weighted by Gasteiger charge is -2.40. The Hall–Kier alpha value is -1.11. The van der Waals surface area contributed by atoms with Gasteiger partial charge in [-0.25, -0.2) is 0 Å². The lowest BCUT2D eigenvalue weighted by atomic mass is 9.86.